The minimum absolute atomic E-state index is 0.0102. The van der Waals surface area contributed by atoms with Gasteiger partial charge in [-0.05, 0) is 119 Å². The van der Waals surface area contributed by atoms with E-state index in [4.69, 9.17) is 63.1 Å². The van der Waals surface area contributed by atoms with Crippen molar-refractivity contribution in [2.75, 3.05) is 32.7 Å². The Kier molecular flexibility index (Phi) is 41.4. The molecule has 39 heteroatoms. The zero-order valence-corrected chi connectivity index (χ0v) is 64.3. The molecule has 0 aliphatic carbocycles. The van der Waals surface area contributed by atoms with Gasteiger partial charge >= 0.3 is 0 Å². The third-order valence-corrected chi connectivity index (χ3v) is 17.6. The number of aliphatic imine (C=N–C) groups is 4. The van der Waals surface area contributed by atoms with E-state index in [-0.39, 0.29) is 139 Å². The van der Waals surface area contributed by atoms with Gasteiger partial charge in [-0.15, -0.1) is 0 Å². The molecule has 1 aromatic heterocycles. The number of fused-ring (bicyclic) bond motifs is 1. The number of amides is 12. The highest BCUT2D eigenvalue weighted by molar-refractivity contribution is 6.00. The van der Waals surface area contributed by atoms with E-state index < -0.39 is 161 Å². The molecule has 34 N–H and O–H groups in total. The maximum Gasteiger partial charge on any atom is 0.243 e. The quantitative estimate of drug-likeness (QED) is 0.0167. The van der Waals surface area contributed by atoms with Crippen molar-refractivity contribution < 1.29 is 57.5 Å². The third-order valence-electron chi connectivity index (χ3n) is 17.6. The van der Waals surface area contributed by atoms with E-state index >= 15 is 0 Å². The number of nitrogens with zero attached hydrogens (tertiary/aromatic N) is 4. The van der Waals surface area contributed by atoms with Gasteiger partial charge in [-0.25, -0.2) is 0 Å². The van der Waals surface area contributed by atoms with Crippen LogP contribution < -0.4 is 122 Å². The van der Waals surface area contributed by atoms with Gasteiger partial charge in [0.15, 0.2) is 23.8 Å². The summed E-state index contributed by atoms with van der Waals surface area (Å²) in [5.41, 5.74) is 63.3. The lowest BCUT2D eigenvalue weighted by atomic mass is 9.95. The van der Waals surface area contributed by atoms with Gasteiger partial charge in [0, 0.05) is 49.7 Å². The lowest BCUT2D eigenvalue weighted by molar-refractivity contribution is -0.137. The molecule has 0 bridgehead atoms. The first-order valence-electron chi connectivity index (χ1n) is 36.6. The van der Waals surface area contributed by atoms with Crippen LogP contribution in [0.5, 0.6) is 0 Å². The first-order valence-corrected chi connectivity index (χ1v) is 36.6. The minimum atomic E-state index is -1.48. The number of nitrogens with two attached hydrogens (primary N) is 11. The first kappa shape index (κ1) is 93.5. The van der Waals surface area contributed by atoms with Crippen LogP contribution in [-0.2, 0) is 64.0 Å². The highest BCUT2D eigenvalue weighted by Crippen LogP contribution is 2.21. The molecule has 0 spiro atoms. The average molecular weight is 1520 g/mol. The summed E-state index contributed by atoms with van der Waals surface area (Å²) in [6, 6.07) is -8.43. The zero-order chi connectivity index (χ0) is 81.7. The SMILES string of the molecule is CC[C@H](C)[C@H](NC(=O)[C@H](CC(C)C)NC(=O)[C@H](CCCN=C(N)N)NC(=O)[C@@H](N)C(C)C)C(=O)N[C@H](C(=O)N[C@@H](C)C(=O)N[C@H](C(=O)N[C@@H](CCCN=C(N)N)C(=O)N[C@@H](CCN)C(=O)N[C@@H](Cc1c[nH]c2ccccc12)C(=O)N[C@@H](CCCN=C(N)N)C(=O)N[C@@H](CCCN=C(N)N)C(N)=O)C(C)C)C(C)C. The number of H-pyrrole nitrogens is 1. The van der Waals surface area contributed by atoms with Crippen molar-refractivity contribution in [1.29, 1.82) is 0 Å². The van der Waals surface area contributed by atoms with Crippen LogP contribution in [0.25, 0.3) is 10.9 Å². The topological polar surface area (TPSA) is 689 Å². The second-order valence-electron chi connectivity index (χ2n) is 28.2. The van der Waals surface area contributed by atoms with Crippen molar-refractivity contribution >= 4 is 106 Å². The Balaban J connectivity index is 2.49. The van der Waals surface area contributed by atoms with Crippen LogP contribution in [0.2, 0.25) is 0 Å². The molecule has 1 aromatic carbocycles. The summed E-state index contributed by atoms with van der Waals surface area (Å²) < 4.78 is 0. The van der Waals surface area contributed by atoms with E-state index in [1.807, 2.05) is 13.8 Å². The number of primary amides is 1. The summed E-state index contributed by atoms with van der Waals surface area (Å²) in [5, 5.41) is 30.3. The lowest BCUT2D eigenvalue weighted by Crippen LogP contribution is -2.62. The van der Waals surface area contributed by atoms with Crippen molar-refractivity contribution in [2.45, 2.75) is 226 Å². The molecule has 0 aliphatic rings. The van der Waals surface area contributed by atoms with E-state index in [0.717, 1.165) is 0 Å². The molecule has 0 fully saturated rings. The fourth-order valence-corrected chi connectivity index (χ4v) is 11.1. The molecule has 108 heavy (non-hydrogen) atoms. The third kappa shape index (κ3) is 33.9. The number of para-hydroxylation sites is 1. The van der Waals surface area contributed by atoms with E-state index in [1.165, 1.54) is 6.92 Å². The van der Waals surface area contributed by atoms with Gasteiger partial charge in [0.05, 0.1) is 6.04 Å². The number of hydrogen-bond donors (Lipinski definition) is 23. The highest BCUT2D eigenvalue weighted by atomic mass is 16.2. The van der Waals surface area contributed by atoms with Crippen LogP contribution in [-0.4, -0.2) is 205 Å². The van der Waals surface area contributed by atoms with E-state index in [1.54, 1.807) is 85.9 Å². The number of carbonyl (C=O) groups is 12. The van der Waals surface area contributed by atoms with Gasteiger partial charge in [0.25, 0.3) is 0 Å². The number of carbonyl (C=O) groups excluding carboxylic acids is 12. The number of nitrogens with one attached hydrogen (secondary N) is 12. The molecule has 606 valence electrons. The fraction of sp³-hybridized carbons (Fsp3) is 0.652. The Morgan fingerprint density at radius 2 is 0.750 bits per heavy atom. The summed E-state index contributed by atoms with van der Waals surface area (Å²) in [6.07, 6.45) is 2.38. The standard InChI is InChI=1S/C69H123N27O12/c1-12-38(10)53(96-61(104)48(31-34(2)3)92-58(101)45(23-17-29-83-68(77)78)90-62(105)50(71)35(4)5)65(108)95-51(36(6)7)63(106)86-39(11)55(98)94-52(37(8)9)64(107)91-46(24-18-30-84-69(79)80)57(100)89-47(25-26-70)59(102)93-49(32-40-33-85-42-20-14-13-19-41(40)42)60(103)88-44(22-16-28-82-67(75)76)56(99)87-43(54(72)97)21-15-27-81-66(73)74/h13-14,19-20,33-39,43-53,85H,12,15-18,21-32,70-71H2,1-11H3,(H2,72,97)(H,86,106)(H,87,99)(H,88,103)(H,89,100)(H,90,105)(H,91,107)(H,92,101)(H,93,102)(H,94,98)(H,95,108)(H,96,104)(H4,73,74,81)(H4,75,76,82)(H4,77,78,83)(H4,79,80,84)/t38-,39-,43-,44-,45-,46-,47-,48-,49-,50-,51-,52-,53-/m0/s1. The second kappa shape index (κ2) is 47.9. The maximum atomic E-state index is 14.7. The van der Waals surface area contributed by atoms with Gasteiger partial charge in [-0.2, -0.15) is 0 Å². The Labute approximate surface area is 631 Å². The minimum Gasteiger partial charge on any atom is -0.370 e. The first-order chi connectivity index (χ1) is 50.7. The van der Waals surface area contributed by atoms with Crippen LogP contribution in [0.4, 0.5) is 0 Å². The van der Waals surface area contributed by atoms with Gasteiger partial charge < -0.3 is 127 Å². The van der Waals surface area contributed by atoms with Crippen molar-refractivity contribution in [3.8, 4) is 0 Å². The van der Waals surface area contributed by atoms with Gasteiger partial charge in [0.2, 0.25) is 70.9 Å². The summed E-state index contributed by atoms with van der Waals surface area (Å²) >= 11 is 0. The summed E-state index contributed by atoms with van der Waals surface area (Å²) in [7, 11) is 0. The number of rotatable bonds is 50. The van der Waals surface area contributed by atoms with Crippen LogP contribution in [0.1, 0.15) is 152 Å². The summed E-state index contributed by atoms with van der Waals surface area (Å²) in [5.74, 6) is -12.7. The molecule has 0 unspecified atom stereocenters. The molecule has 2 aromatic rings. The van der Waals surface area contributed by atoms with Crippen LogP contribution in [0, 0.1) is 29.6 Å². The summed E-state index contributed by atoms with van der Waals surface area (Å²) in [6.45, 7) is 18.6. The number of aromatic nitrogens is 1. The largest absolute Gasteiger partial charge is 0.370 e. The van der Waals surface area contributed by atoms with Crippen molar-refractivity contribution in [3.63, 3.8) is 0 Å². The van der Waals surface area contributed by atoms with Crippen molar-refractivity contribution in [1.82, 2.24) is 63.5 Å². The molecule has 2 rings (SSSR count). The van der Waals surface area contributed by atoms with Crippen molar-refractivity contribution in [2.24, 2.45) is 113 Å². The smallest absolute Gasteiger partial charge is 0.243 e. The fourth-order valence-electron chi connectivity index (χ4n) is 11.1. The van der Waals surface area contributed by atoms with Crippen molar-refractivity contribution in [3.05, 3.63) is 36.0 Å². The van der Waals surface area contributed by atoms with Crippen LogP contribution in [0.3, 0.4) is 0 Å². The molecule has 39 nitrogen and oxygen atoms in total. The molecule has 0 saturated carbocycles. The Morgan fingerprint density at radius 3 is 1.17 bits per heavy atom. The molecule has 13 atom stereocenters. The van der Waals surface area contributed by atoms with Gasteiger partial charge in [-0.3, -0.25) is 77.5 Å². The monoisotopic (exact) mass is 1520 g/mol. The molecule has 0 saturated heterocycles. The Hall–Kier alpha value is -10.6. The van der Waals surface area contributed by atoms with E-state index in [2.05, 4.69) is 83.4 Å². The molecular formula is C69H123N27O12. The second-order valence-corrected chi connectivity index (χ2v) is 28.2. The Bertz CT molecular complexity index is 3420. The number of aromatic amines is 1. The normalized spacial score (nSPS) is 14.9. The predicted molar refractivity (Wildman–Crippen MR) is 413 cm³/mol. The predicted octanol–water partition coefficient (Wildman–Crippen LogP) is -5.50. The highest BCUT2D eigenvalue weighted by Gasteiger charge is 2.39. The molecular weight excluding hydrogens is 1400 g/mol. The van der Waals surface area contributed by atoms with Crippen LogP contribution >= 0.6 is 0 Å². The molecule has 0 radical (unpaired) electrons. The average Bonchev–Trinajstić information content (AvgIpc) is 1.63. The molecule has 1 heterocycles. The van der Waals surface area contributed by atoms with E-state index in [9.17, 15) is 57.5 Å². The Morgan fingerprint density at radius 1 is 0.398 bits per heavy atom. The number of benzene rings is 1. The maximum absolute atomic E-state index is 14.7. The zero-order valence-electron chi connectivity index (χ0n) is 64.3. The van der Waals surface area contributed by atoms with Gasteiger partial charge in [-0.1, -0.05) is 93.9 Å². The molecule has 0 aliphatic heterocycles. The molecule has 12 amide bonds. The van der Waals surface area contributed by atoms with Gasteiger partial charge in [0.1, 0.15) is 66.5 Å². The summed E-state index contributed by atoms with van der Waals surface area (Å²) in [4.78, 5) is 188. The van der Waals surface area contributed by atoms with E-state index in [0.29, 0.717) is 22.9 Å². The number of hydrogen-bond acceptors (Lipinski definition) is 18. The van der Waals surface area contributed by atoms with Crippen LogP contribution in [0.15, 0.2) is 50.4 Å². The lowest BCUT2D eigenvalue weighted by Gasteiger charge is -2.31. The number of guanidine groups is 4.